The highest BCUT2D eigenvalue weighted by Gasteiger charge is 1.67. The minimum absolute atomic E-state index is 0.190. The number of nitrogens with two attached hydrogens (primary N) is 2. The lowest BCUT2D eigenvalue weighted by Gasteiger charge is -1.76. The molecule has 0 amide bonds. The summed E-state index contributed by atoms with van der Waals surface area (Å²) >= 11 is 0. The average molecular weight is 87.1 g/mol. The van der Waals surface area contributed by atoms with Crippen molar-refractivity contribution in [1.82, 2.24) is 0 Å². The maximum atomic E-state index is 6.01. The fraction of sp³-hybridized carbons (Fsp3) is 0. The largest absolute Gasteiger partial charge is 0.368 e. The van der Waals surface area contributed by atoms with Gasteiger partial charge in [0, 0.05) is 0 Å². The number of hydrogen-bond acceptors (Lipinski definition) is 2. The number of rotatable bonds is 1. The third-order valence-electron chi connectivity index (χ3n) is 0.165. The van der Waals surface area contributed by atoms with Gasteiger partial charge in [-0.1, -0.05) is 5.10 Å². The monoisotopic (exact) mass is 87.1 g/mol. The molecule has 0 fully saturated rings. The van der Waals surface area contributed by atoms with Crippen molar-refractivity contribution in [1.29, 1.82) is 5.53 Å². The van der Waals surface area contributed by atoms with Crippen LogP contribution in [0.25, 0.3) is 0 Å². The van der Waals surface area contributed by atoms with Gasteiger partial charge in [-0.25, -0.2) is 0 Å². The number of hydrogen-bond donors (Lipinski definition) is 3. The Morgan fingerprint density at radius 3 is 2.00 bits per heavy atom. The summed E-state index contributed by atoms with van der Waals surface area (Å²) in [7, 11) is 0. The van der Waals surface area contributed by atoms with E-state index < -0.39 is 0 Å². The molecule has 0 spiro atoms. The summed E-state index contributed by atoms with van der Waals surface area (Å²) in [6.07, 6.45) is 0. The molecule has 0 saturated carbocycles. The molecule has 0 atom stereocenters. The first kappa shape index (κ1) is 4.87. The smallest absolute Gasteiger partial charge is 0.213 e. The summed E-state index contributed by atoms with van der Waals surface area (Å²) in [6.45, 7) is 0. The van der Waals surface area contributed by atoms with Crippen LogP contribution in [0.2, 0.25) is 0 Å². The van der Waals surface area contributed by atoms with Crippen LogP contribution >= 0.6 is 0 Å². The number of nitrogens with zero attached hydrogens (tertiary/aromatic N) is 2. The topological polar surface area (TPSA) is 101 Å². The van der Waals surface area contributed by atoms with Gasteiger partial charge in [0.15, 0.2) is 0 Å². The van der Waals surface area contributed by atoms with E-state index in [0.29, 0.717) is 0 Å². The Balaban J connectivity index is 3.41. The molecular formula is CH5N5. The Morgan fingerprint density at radius 1 is 1.50 bits per heavy atom. The normalized spacial score (nSPS) is 6.67. The highest BCUT2D eigenvalue weighted by atomic mass is 15.3. The zero-order chi connectivity index (χ0) is 4.99. The molecule has 0 aromatic heterocycles. The molecule has 0 unspecified atom stereocenters. The predicted molar refractivity (Wildman–Crippen MR) is 21.0 cm³/mol. The predicted octanol–water partition coefficient (Wildman–Crippen LogP) is -0.794. The van der Waals surface area contributed by atoms with Gasteiger partial charge in [-0.3, -0.25) is 0 Å². The second kappa shape index (κ2) is 2.13. The second-order valence-corrected chi connectivity index (χ2v) is 0.625. The van der Waals surface area contributed by atoms with Crippen LogP contribution in [0, 0.1) is 5.53 Å². The molecule has 0 saturated heterocycles. The first-order valence-electron chi connectivity index (χ1n) is 1.22. The fourth-order valence-corrected chi connectivity index (χ4v) is 0.0577. The van der Waals surface area contributed by atoms with Crippen molar-refractivity contribution in [2.75, 3.05) is 0 Å². The minimum atomic E-state index is -0.190. The van der Waals surface area contributed by atoms with Crippen LogP contribution in [0.1, 0.15) is 0 Å². The number of guanidine groups is 1. The quantitative estimate of drug-likeness (QED) is 0.169. The molecule has 6 heavy (non-hydrogen) atoms. The van der Waals surface area contributed by atoms with Crippen LogP contribution in [0.3, 0.4) is 0 Å². The fourth-order valence-electron chi connectivity index (χ4n) is 0.0577. The zero-order valence-corrected chi connectivity index (χ0v) is 3.05. The van der Waals surface area contributed by atoms with Crippen molar-refractivity contribution in [3.63, 3.8) is 0 Å². The standard InChI is InChI=1S/CH5N5/c2-1(3)5-6-4/h(H5,2,3,4,5). The maximum absolute atomic E-state index is 6.01. The van der Waals surface area contributed by atoms with E-state index in [4.69, 9.17) is 17.0 Å². The highest BCUT2D eigenvalue weighted by molar-refractivity contribution is 5.75. The van der Waals surface area contributed by atoms with E-state index in [0.717, 1.165) is 0 Å². The van der Waals surface area contributed by atoms with Crippen LogP contribution in [-0.2, 0) is 0 Å². The van der Waals surface area contributed by atoms with Gasteiger partial charge in [0.25, 0.3) is 0 Å². The Kier molecular flexibility index (Phi) is 1.73. The molecule has 0 aromatic rings. The summed E-state index contributed by atoms with van der Waals surface area (Å²) in [6, 6.07) is 0. The van der Waals surface area contributed by atoms with E-state index >= 15 is 0 Å². The molecular weight excluding hydrogens is 82.0 g/mol. The van der Waals surface area contributed by atoms with Crippen LogP contribution < -0.4 is 11.5 Å². The van der Waals surface area contributed by atoms with Crippen molar-refractivity contribution in [3.8, 4) is 0 Å². The Morgan fingerprint density at radius 2 is 2.00 bits per heavy atom. The van der Waals surface area contributed by atoms with Crippen LogP contribution in [0.4, 0.5) is 0 Å². The molecule has 0 rings (SSSR count). The van der Waals surface area contributed by atoms with Crippen molar-refractivity contribution in [2.45, 2.75) is 0 Å². The maximum Gasteiger partial charge on any atom is 0.213 e. The van der Waals surface area contributed by atoms with Gasteiger partial charge in [0.05, 0.1) is 0 Å². The van der Waals surface area contributed by atoms with Crippen molar-refractivity contribution < 1.29 is 0 Å². The lowest BCUT2D eigenvalue weighted by Crippen LogP contribution is -2.21. The summed E-state index contributed by atoms with van der Waals surface area (Å²) in [4.78, 5) is 0. The molecule has 0 aromatic carbocycles. The van der Waals surface area contributed by atoms with E-state index in [-0.39, 0.29) is 5.96 Å². The van der Waals surface area contributed by atoms with Crippen LogP contribution in [-0.4, -0.2) is 5.96 Å². The molecule has 34 valence electrons. The lowest BCUT2D eigenvalue weighted by molar-refractivity contribution is 0.981. The molecule has 0 radical (unpaired) electrons. The van der Waals surface area contributed by atoms with Gasteiger partial charge in [-0.05, 0) is 5.22 Å². The van der Waals surface area contributed by atoms with Gasteiger partial charge >= 0.3 is 0 Å². The lowest BCUT2D eigenvalue weighted by atomic mass is 11.1. The third kappa shape index (κ3) is 2.87. The Hall–Kier alpha value is -1.13. The minimum Gasteiger partial charge on any atom is -0.368 e. The molecule has 0 heterocycles. The van der Waals surface area contributed by atoms with Crippen molar-refractivity contribution in [3.05, 3.63) is 0 Å². The third-order valence-corrected chi connectivity index (χ3v) is 0.165. The first-order valence-corrected chi connectivity index (χ1v) is 1.22. The van der Waals surface area contributed by atoms with Gasteiger partial charge in [0.2, 0.25) is 5.96 Å². The van der Waals surface area contributed by atoms with Crippen molar-refractivity contribution in [2.24, 2.45) is 21.8 Å². The SMILES string of the molecule is N=NN=C(N)N. The highest BCUT2D eigenvalue weighted by Crippen LogP contribution is 1.58. The molecule has 0 bridgehead atoms. The molecule has 0 aliphatic heterocycles. The average Bonchev–Trinajstić information content (AvgIpc) is 1.35. The Bertz CT molecular complexity index is 68.0. The van der Waals surface area contributed by atoms with Crippen molar-refractivity contribution >= 4 is 5.96 Å². The molecule has 0 aliphatic carbocycles. The summed E-state index contributed by atoms with van der Waals surface area (Å²) < 4.78 is 0. The molecule has 5 heteroatoms. The van der Waals surface area contributed by atoms with E-state index in [9.17, 15) is 0 Å². The molecule has 5 N–H and O–H groups in total. The first-order chi connectivity index (χ1) is 2.77. The summed E-state index contributed by atoms with van der Waals surface area (Å²) in [5.41, 5.74) is 15.4. The summed E-state index contributed by atoms with van der Waals surface area (Å²) in [5.74, 6) is -0.190. The molecule has 5 nitrogen and oxygen atoms in total. The zero-order valence-electron chi connectivity index (χ0n) is 3.05. The van der Waals surface area contributed by atoms with E-state index in [1.54, 1.807) is 0 Å². The second-order valence-electron chi connectivity index (χ2n) is 0.625. The Labute approximate surface area is 34.5 Å². The summed E-state index contributed by atoms with van der Waals surface area (Å²) in [5, 5.41) is 5.41. The van der Waals surface area contributed by atoms with Gasteiger partial charge < -0.3 is 11.5 Å². The number of nitrogens with one attached hydrogen (secondary N) is 1. The van der Waals surface area contributed by atoms with E-state index in [1.807, 2.05) is 0 Å². The van der Waals surface area contributed by atoms with E-state index in [1.165, 1.54) is 0 Å². The van der Waals surface area contributed by atoms with Crippen LogP contribution in [0.5, 0.6) is 0 Å². The van der Waals surface area contributed by atoms with Gasteiger partial charge in [-0.15, -0.1) is 0 Å². The molecule has 0 aliphatic rings. The van der Waals surface area contributed by atoms with Gasteiger partial charge in [0.1, 0.15) is 0 Å². The van der Waals surface area contributed by atoms with Gasteiger partial charge in [-0.2, -0.15) is 5.53 Å². The van der Waals surface area contributed by atoms with E-state index in [2.05, 4.69) is 10.3 Å². The van der Waals surface area contributed by atoms with Crippen LogP contribution in [0.15, 0.2) is 10.3 Å².